The molecular formula is C13H20F2N4. The molecule has 1 atom stereocenters. The van der Waals surface area contributed by atoms with Crippen molar-refractivity contribution < 1.29 is 8.78 Å². The lowest BCUT2D eigenvalue weighted by Crippen LogP contribution is -2.41. The SMILES string of the molecule is CC(CNc1nc(N)c(F)cc1F)N1CCCCC1. The van der Waals surface area contributed by atoms with E-state index in [-0.39, 0.29) is 17.7 Å². The third-order valence-electron chi connectivity index (χ3n) is 3.54. The quantitative estimate of drug-likeness (QED) is 0.881. The van der Waals surface area contributed by atoms with E-state index in [0.717, 1.165) is 19.2 Å². The van der Waals surface area contributed by atoms with Gasteiger partial charge in [-0.3, -0.25) is 4.90 Å². The van der Waals surface area contributed by atoms with E-state index in [2.05, 4.69) is 22.1 Å². The number of halogens is 2. The van der Waals surface area contributed by atoms with E-state index in [9.17, 15) is 8.78 Å². The van der Waals surface area contributed by atoms with E-state index in [1.807, 2.05) is 0 Å². The Morgan fingerprint density at radius 1 is 1.32 bits per heavy atom. The van der Waals surface area contributed by atoms with Gasteiger partial charge in [0.05, 0.1) is 0 Å². The van der Waals surface area contributed by atoms with Crippen LogP contribution in [0.4, 0.5) is 20.4 Å². The maximum absolute atomic E-state index is 13.5. The fraction of sp³-hybridized carbons (Fsp3) is 0.615. The second-order valence-electron chi connectivity index (χ2n) is 5.01. The van der Waals surface area contributed by atoms with E-state index < -0.39 is 11.6 Å². The summed E-state index contributed by atoms with van der Waals surface area (Å²) in [5, 5.41) is 2.90. The van der Waals surface area contributed by atoms with Crippen molar-refractivity contribution in [3.63, 3.8) is 0 Å². The molecule has 2 rings (SSSR count). The predicted molar refractivity (Wildman–Crippen MR) is 71.9 cm³/mol. The van der Waals surface area contributed by atoms with Crippen molar-refractivity contribution in [1.82, 2.24) is 9.88 Å². The Hall–Kier alpha value is -1.43. The van der Waals surface area contributed by atoms with Gasteiger partial charge >= 0.3 is 0 Å². The molecule has 1 aliphatic heterocycles. The number of nitrogen functional groups attached to an aromatic ring is 1. The second kappa shape index (κ2) is 6.14. The molecule has 0 bridgehead atoms. The van der Waals surface area contributed by atoms with Gasteiger partial charge in [-0.1, -0.05) is 6.42 Å². The monoisotopic (exact) mass is 270 g/mol. The molecule has 0 saturated carbocycles. The van der Waals surface area contributed by atoms with Gasteiger partial charge in [-0.25, -0.2) is 13.8 Å². The second-order valence-corrected chi connectivity index (χ2v) is 5.01. The molecule has 1 aromatic heterocycles. The molecule has 1 fully saturated rings. The van der Waals surface area contributed by atoms with Gasteiger partial charge in [-0.15, -0.1) is 0 Å². The van der Waals surface area contributed by atoms with Crippen molar-refractivity contribution in [3.05, 3.63) is 17.7 Å². The molecule has 0 spiro atoms. The summed E-state index contributed by atoms with van der Waals surface area (Å²) < 4.78 is 26.5. The minimum atomic E-state index is -0.827. The van der Waals surface area contributed by atoms with Crippen LogP contribution < -0.4 is 11.1 Å². The lowest BCUT2D eigenvalue weighted by molar-refractivity contribution is 0.180. The fourth-order valence-corrected chi connectivity index (χ4v) is 2.34. The van der Waals surface area contributed by atoms with Crippen molar-refractivity contribution in [2.24, 2.45) is 0 Å². The van der Waals surface area contributed by atoms with Crippen LogP contribution in [0.15, 0.2) is 6.07 Å². The third kappa shape index (κ3) is 3.53. The standard InChI is InChI=1S/C13H20F2N4/c1-9(19-5-3-2-4-6-19)8-17-13-11(15)7-10(14)12(16)18-13/h7,9H,2-6,8H2,1H3,(H3,16,17,18). The van der Waals surface area contributed by atoms with Crippen LogP contribution in [-0.2, 0) is 0 Å². The molecule has 3 N–H and O–H groups in total. The van der Waals surface area contributed by atoms with Gasteiger partial charge in [-0.2, -0.15) is 0 Å². The van der Waals surface area contributed by atoms with E-state index in [0.29, 0.717) is 6.54 Å². The van der Waals surface area contributed by atoms with Crippen molar-refractivity contribution in [1.29, 1.82) is 0 Å². The number of aromatic nitrogens is 1. The number of nitrogens with one attached hydrogen (secondary N) is 1. The Balaban J connectivity index is 1.92. The molecule has 19 heavy (non-hydrogen) atoms. The van der Waals surface area contributed by atoms with Crippen LogP contribution in [0.1, 0.15) is 26.2 Å². The van der Waals surface area contributed by atoms with E-state index in [1.165, 1.54) is 19.3 Å². The molecule has 1 unspecified atom stereocenters. The Kier molecular flexibility index (Phi) is 4.52. The summed E-state index contributed by atoms with van der Waals surface area (Å²) in [6.07, 6.45) is 3.70. The highest BCUT2D eigenvalue weighted by atomic mass is 19.1. The number of anilines is 2. The van der Waals surface area contributed by atoms with Crippen molar-refractivity contribution >= 4 is 11.6 Å². The fourth-order valence-electron chi connectivity index (χ4n) is 2.34. The zero-order valence-corrected chi connectivity index (χ0v) is 11.1. The maximum Gasteiger partial charge on any atom is 0.168 e. The normalized spacial score (nSPS) is 18.3. The summed E-state index contributed by atoms with van der Waals surface area (Å²) in [6.45, 7) is 4.80. The molecule has 6 heteroatoms. The van der Waals surface area contributed by atoms with Gasteiger partial charge < -0.3 is 11.1 Å². The van der Waals surface area contributed by atoms with Crippen LogP contribution in [0.5, 0.6) is 0 Å². The number of hydrogen-bond acceptors (Lipinski definition) is 4. The van der Waals surface area contributed by atoms with Gasteiger partial charge in [0.15, 0.2) is 23.3 Å². The number of hydrogen-bond donors (Lipinski definition) is 2. The zero-order chi connectivity index (χ0) is 13.8. The highest BCUT2D eigenvalue weighted by molar-refractivity contribution is 5.44. The Labute approximate surface area is 112 Å². The average molecular weight is 270 g/mol. The van der Waals surface area contributed by atoms with Crippen LogP contribution in [0.2, 0.25) is 0 Å². The molecule has 2 heterocycles. The molecule has 106 valence electrons. The lowest BCUT2D eigenvalue weighted by atomic mass is 10.1. The minimum Gasteiger partial charge on any atom is -0.381 e. The lowest BCUT2D eigenvalue weighted by Gasteiger charge is -2.32. The van der Waals surface area contributed by atoms with E-state index in [4.69, 9.17) is 5.73 Å². The summed E-state index contributed by atoms with van der Waals surface area (Å²) in [7, 11) is 0. The van der Waals surface area contributed by atoms with E-state index in [1.54, 1.807) is 0 Å². The number of rotatable bonds is 4. The van der Waals surface area contributed by atoms with Crippen LogP contribution in [0.3, 0.4) is 0 Å². The Morgan fingerprint density at radius 3 is 2.68 bits per heavy atom. The molecule has 1 aliphatic rings. The summed E-state index contributed by atoms with van der Waals surface area (Å²) in [6, 6.07) is 1.05. The van der Waals surface area contributed by atoms with Crippen molar-refractivity contribution in [3.8, 4) is 0 Å². The van der Waals surface area contributed by atoms with Crippen molar-refractivity contribution in [2.75, 3.05) is 30.7 Å². The Bertz CT molecular complexity index is 433. The molecule has 1 aromatic rings. The summed E-state index contributed by atoms with van der Waals surface area (Å²) in [5.41, 5.74) is 5.34. The van der Waals surface area contributed by atoms with Crippen LogP contribution in [-0.4, -0.2) is 35.6 Å². The topological polar surface area (TPSA) is 54.2 Å². The zero-order valence-electron chi connectivity index (χ0n) is 11.1. The number of pyridine rings is 1. The first-order valence-corrected chi connectivity index (χ1v) is 6.67. The number of piperidine rings is 1. The third-order valence-corrected chi connectivity index (χ3v) is 3.54. The minimum absolute atomic E-state index is 0.0164. The number of likely N-dealkylation sites (tertiary alicyclic amines) is 1. The molecule has 0 aliphatic carbocycles. The molecule has 0 amide bonds. The number of nitrogens with zero attached hydrogens (tertiary/aromatic N) is 2. The van der Waals surface area contributed by atoms with Crippen molar-refractivity contribution in [2.45, 2.75) is 32.2 Å². The summed E-state index contributed by atoms with van der Waals surface area (Å²) in [4.78, 5) is 6.05. The molecule has 4 nitrogen and oxygen atoms in total. The Morgan fingerprint density at radius 2 is 2.00 bits per heavy atom. The highest BCUT2D eigenvalue weighted by Gasteiger charge is 2.17. The largest absolute Gasteiger partial charge is 0.381 e. The van der Waals surface area contributed by atoms with Gasteiger partial charge in [0.25, 0.3) is 0 Å². The smallest absolute Gasteiger partial charge is 0.168 e. The van der Waals surface area contributed by atoms with Crippen LogP contribution in [0.25, 0.3) is 0 Å². The molecule has 1 saturated heterocycles. The maximum atomic E-state index is 13.5. The first-order chi connectivity index (χ1) is 9.08. The molecule has 0 aromatic carbocycles. The van der Waals surface area contributed by atoms with Gasteiger partial charge in [0.2, 0.25) is 0 Å². The molecule has 0 radical (unpaired) electrons. The van der Waals surface area contributed by atoms with Crippen LogP contribution >= 0.6 is 0 Å². The first kappa shape index (κ1) is 14.0. The van der Waals surface area contributed by atoms with Crippen LogP contribution in [0, 0.1) is 11.6 Å². The van der Waals surface area contributed by atoms with E-state index >= 15 is 0 Å². The van der Waals surface area contributed by atoms with Gasteiger partial charge in [0.1, 0.15) is 0 Å². The predicted octanol–water partition coefficient (Wildman–Crippen LogP) is 2.23. The van der Waals surface area contributed by atoms with Gasteiger partial charge in [0, 0.05) is 18.7 Å². The summed E-state index contributed by atoms with van der Waals surface area (Å²) >= 11 is 0. The van der Waals surface area contributed by atoms with Gasteiger partial charge in [-0.05, 0) is 32.9 Å². The first-order valence-electron chi connectivity index (χ1n) is 6.67. The summed E-state index contributed by atoms with van der Waals surface area (Å²) in [5.74, 6) is -1.80. The number of nitrogens with two attached hydrogens (primary N) is 1. The highest BCUT2D eigenvalue weighted by Crippen LogP contribution is 2.17. The molecular weight excluding hydrogens is 250 g/mol. The average Bonchev–Trinajstić information content (AvgIpc) is 2.42.